The molecule has 0 saturated carbocycles. The first-order valence-corrected chi connectivity index (χ1v) is 6.41. The van der Waals surface area contributed by atoms with Gasteiger partial charge in [-0.05, 0) is 31.2 Å². The predicted octanol–water partition coefficient (Wildman–Crippen LogP) is 3.19. The summed E-state index contributed by atoms with van der Waals surface area (Å²) in [4.78, 5) is 19.3. The van der Waals surface area contributed by atoms with Crippen LogP contribution in [-0.4, -0.2) is 15.9 Å². The van der Waals surface area contributed by atoms with Gasteiger partial charge < -0.3 is 4.98 Å². The lowest BCUT2D eigenvalue weighted by Gasteiger charge is -2.01. The molecule has 0 aliphatic heterocycles. The minimum Gasteiger partial charge on any atom is -0.361 e. The number of benzene rings is 1. The number of nitrogens with zero attached hydrogens (tertiary/aromatic N) is 1. The van der Waals surface area contributed by atoms with Gasteiger partial charge in [0.2, 0.25) is 0 Å². The van der Waals surface area contributed by atoms with E-state index >= 15 is 0 Å². The third-order valence-corrected chi connectivity index (χ3v) is 3.53. The van der Waals surface area contributed by atoms with Crippen molar-refractivity contribution in [2.75, 3.05) is 5.32 Å². The van der Waals surface area contributed by atoms with Crippen LogP contribution in [0.25, 0.3) is 10.9 Å². The summed E-state index contributed by atoms with van der Waals surface area (Å²) in [5.41, 5.74) is 2.57. The molecule has 0 unspecified atom stereocenters. The van der Waals surface area contributed by atoms with Crippen molar-refractivity contribution in [3.63, 3.8) is 0 Å². The fraction of sp³-hybridized carbons (Fsp3) is 0.0769. The highest BCUT2D eigenvalue weighted by molar-refractivity contribution is 7.13. The van der Waals surface area contributed by atoms with Gasteiger partial charge in [0, 0.05) is 28.0 Å². The van der Waals surface area contributed by atoms with E-state index in [4.69, 9.17) is 0 Å². The van der Waals surface area contributed by atoms with E-state index in [1.165, 1.54) is 11.3 Å². The minimum absolute atomic E-state index is 0.132. The number of anilines is 1. The number of aromatic amines is 1. The molecule has 0 saturated heterocycles. The van der Waals surface area contributed by atoms with Gasteiger partial charge in [0.25, 0.3) is 5.91 Å². The molecule has 1 aromatic carbocycles. The van der Waals surface area contributed by atoms with Gasteiger partial charge in [0.15, 0.2) is 5.13 Å². The highest BCUT2D eigenvalue weighted by Gasteiger charge is 2.09. The van der Waals surface area contributed by atoms with Crippen molar-refractivity contribution in [2.45, 2.75) is 6.92 Å². The Labute approximate surface area is 108 Å². The molecular weight excluding hydrogens is 246 g/mol. The molecule has 0 aliphatic carbocycles. The molecular formula is C13H11N3OS. The number of aryl methyl sites for hydroxylation is 1. The molecule has 0 aliphatic rings. The van der Waals surface area contributed by atoms with Crippen molar-refractivity contribution >= 4 is 33.3 Å². The number of thiazole rings is 1. The van der Waals surface area contributed by atoms with Crippen LogP contribution in [0.3, 0.4) is 0 Å². The Bertz CT molecular complexity index is 714. The zero-order chi connectivity index (χ0) is 12.5. The largest absolute Gasteiger partial charge is 0.361 e. The molecule has 2 aromatic heterocycles. The molecule has 0 fully saturated rings. The normalized spacial score (nSPS) is 10.7. The Morgan fingerprint density at radius 1 is 1.39 bits per heavy atom. The lowest BCUT2D eigenvalue weighted by Crippen LogP contribution is -2.11. The summed E-state index contributed by atoms with van der Waals surface area (Å²) in [5.74, 6) is -0.132. The molecule has 0 bridgehead atoms. The summed E-state index contributed by atoms with van der Waals surface area (Å²) >= 11 is 1.43. The first-order valence-electron chi connectivity index (χ1n) is 5.53. The van der Waals surface area contributed by atoms with Gasteiger partial charge in [-0.1, -0.05) is 0 Å². The zero-order valence-electron chi connectivity index (χ0n) is 9.73. The van der Waals surface area contributed by atoms with Crippen LogP contribution in [0.5, 0.6) is 0 Å². The van der Waals surface area contributed by atoms with Crippen molar-refractivity contribution in [3.8, 4) is 0 Å². The van der Waals surface area contributed by atoms with E-state index in [0.717, 1.165) is 16.6 Å². The number of hydrogen-bond acceptors (Lipinski definition) is 3. The van der Waals surface area contributed by atoms with E-state index in [1.54, 1.807) is 6.07 Å². The summed E-state index contributed by atoms with van der Waals surface area (Å²) < 4.78 is 0. The first-order chi connectivity index (χ1) is 8.72. The van der Waals surface area contributed by atoms with Gasteiger partial charge >= 0.3 is 0 Å². The van der Waals surface area contributed by atoms with Gasteiger partial charge in [-0.2, -0.15) is 0 Å². The molecule has 4 nitrogen and oxygen atoms in total. The van der Waals surface area contributed by atoms with Crippen LogP contribution in [0.1, 0.15) is 16.1 Å². The Morgan fingerprint density at radius 2 is 2.28 bits per heavy atom. The molecule has 0 atom stereocenters. The van der Waals surface area contributed by atoms with Crippen molar-refractivity contribution in [2.24, 2.45) is 0 Å². The maximum Gasteiger partial charge on any atom is 0.257 e. The highest BCUT2D eigenvalue weighted by atomic mass is 32.1. The van der Waals surface area contributed by atoms with Crippen molar-refractivity contribution in [3.05, 3.63) is 47.1 Å². The fourth-order valence-corrected chi connectivity index (χ4v) is 2.46. The molecule has 0 radical (unpaired) electrons. The quantitative estimate of drug-likeness (QED) is 0.740. The summed E-state index contributed by atoms with van der Waals surface area (Å²) in [7, 11) is 0. The smallest absolute Gasteiger partial charge is 0.257 e. The third kappa shape index (κ3) is 2.00. The number of carbonyl (C=O) groups is 1. The van der Waals surface area contributed by atoms with Gasteiger partial charge in [-0.3, -0.25) is 10.1 Å². The van der Waals surface area contributed by atoms with Gasteiger partial charge in [0.05, 0.1) is 5.69 Å². The van der Waals surface area contributed by atoms with Gasteiger partial charge in [-0.15, -0.1) is 11.3 Å². The molecule has 3 aromatic rings. The first kappa shape index (κ1) is 11.0. The summed E-state index contributed by atoms with van der Waals surface area (Å²) in [6, 6.07) is 7.51. The van der Waals surface area contributed by atoms with E-state index in [2.05, 4.69) is 15.3 Å². The van der Waals surface area contributed by atoms with Crippen LogP contribution in [0, 0.1) is 6.92 Å². The molecule has 3 rings (SSSR count). The minimum atomic E-state index is -0.132. The van der Waals surface area contributed by atoms with Crippen LogP contribution >= 0.6 is 11.3 Å². The lowest BCUT2D eigenvalue weighted by molar-refractivity contribution is 0.102. The van der Waals surface area contributed by atoms with E-state index in [1.807, 2.05) is 36.7 Å². The highest BCUT2D eigenvalue weighted by Crippen LogP contribution is 2.18. The maximum atomic E-state index is 12.0. The van der Waals surface area contributed by atoms with Crippen LogP contribution in [0.15, 0.2) is 35.8 Å². The Kier molecular flexibility index (Phi) is 2.60. The molecule has 2 heterocycles. The average Bonchev–Trinajstić information content (AvgIpc) is 2.96. The second-order valence-electron chi connectivity index (χ2n) is 4.03. The number of carbonyl (C=O) groups excluding carboxylic acids is 1. The molecule has 0 spiro atoms. The number of H-pyrrole nitrogens is 1. The summed E-state index contributed by atoms with van der Waals surface area (Å²) in [5, 5.41) is 6.36. The molecule has 90 valence electrons. The number of rotatable bonds is 2. The molecule has 5 heteroatoms. The SMILES string of the molecule is Cc1csc(NC(=O)c2ccc3[nH]ccc3c2)n1. The second-order valence-corrected chi connectivity index (χ2v) is 4.89. The van der Waals surface area contributed by atoms with E-state index in [-0.39, 0.29) is 5.91 Å². The van der Waals surface area contributed by atoms with Crippen LogP contribution < -0.4 is 5.32 Å². The number of amides is 1. The molecule has 2 N–H and O–H groups in total. The number of aromatic nitrogens is 2. The topological polar surface area (TPSA) is 57.8 Å². The van der Waals surface area contributed by atoms with Crippen molar-refractivity contribution in [1.29, 1.82) is 0 Å². The third-order valence-electron chi connectivity index (χ3n) is 2.65. The van der Waals surface area contributed by atoms with Gasteiger partial charge in [0.1, 0.15) is 0 Å². The van der Waals surface area contributed by atoms with Crippen molar-refractivity contribution < 1.29 is 4.79 Å². The summed E-state index contributed by atoms with van der Waals surface area (Å²) in [6.07, 6.45) is 1.86. The Morgan fingerprint density at radius 3 is 3.06 bits per heavy atom. The maximum absolute atomic E-state index is 12.0. The Balaban J connectivity index is 1.87. The zero-order valence-corrected chi connectivity index (χ0v) is 10.5. The summed E-state index contributed by atoms with van der Waals surface area (Å²) in [6.45, 7) is 1.90. The van der Waals surface area contributed by atoms with Crippen LogP contribution in [0.4, 0.5) is 5.13 Å². The van der Waals surface area contributed by atoms with Crippen LogP contribution in [0.2, 0.25) is 0 Å². The Hall–Kier alpha value is -2.14. The van der Waals surface area contributed by atoms with E-state index < -0.39 is 0 Å². The predicted molar refractivity (Wildman–Crippen MR) is 73.1 cm³/mol. The fourth-order valence-electron chi connectivity index (χ4n) is 1.78. The standard InChI is InChI=1S/C13H11N3OS/c1-8-7-18-13(15-8)16-12(17)10-2-3-11-9(6-10)4-5-14-11/h2-7,14H,1H3,(H,15,16,17). The molecule has 18 heavy (non-hydrogen) atoms. The number of nitrogens with one attached hydrogen (secondary N) is 2. The lowest BCUT2D eigenvalue weighted by atomic mass is 10.1. The molecule has 1 amide bonds. The van der Waals surface area contributed by atoms with Crippen LogP contribution in [-0.2, 0) is 0 Å². The van der Waals surface area contributed by atoms with E-state index in [9.17, 15) is 4.79 Å². The second kappa shape index (κ2) is 4.27. The average molecular weight is 257 g/mol. The van der Waals surface area contributed by atoms with Crippen molar-refractivity contribution in [1.82, 2.24) is 9.97 Å². The monoisotopic (exact) mass is 257 g/mol. The van der Waals surface area contributed by atoms with E-state index in [0.29, 0.717) is 10.7 Å². The number of hydrogen-bond donors (Lipinski definition) is 2. The van der Waals surface area contributed by atoms with Gasteiger partial charge in [-0.25, -0.2) is 4.98 Å². The number of fused-ring (bicyclic) bond motifs is 1.